The molecule has 7 heteroatoms. The Labute approximate surface area is 181 Å². The van der Waals surface area contributed by atoms with Gasteiger partial charge in [0.25, 0.3) is 0 Å². The number of carbonyl (C=O) groups excluding carboxylic acids is 3. The number of carbonyl (C=O) groups is 3. The normalized spacial score (nSPS) is 23.8. The van der Waals surface area contributed by atoms with Crippen LogP contribution in [0.15, 0.2) is 46.8 Å². The molecule has 160 valence electrons. The van der Waals surface area contributed by atoms with Gasteiger partial charge in [0.1, 0.15) is 5.92 Å². The van der Waals surface area contributed by atoms with Gasteiger partial charge in [-0.25, -0.2) is 4.79 Å². The van der Waals surface area contributed by atoms with Gasteiger partial charge in [-0.05, 0) is 50.8 Å². The molecular weight excluding hydrogens is 406 g/mol. The smallest absolute Gasteiger partial charge is 0.337 e. The van der Waals surface area contributed by atoms with Gasteiger partial charge in [-0.1, -0.05) is 30.7 Å². The van der Waals surface area contributed by atoms with Crippen molar-refractivity contribution in [1.82, 2.24) is 5.32 Å². The maximum atomic E-state index is 13.5. The van der Waals surface area contributed by atoms with Gasteiger partial charge < -0.3 is 14.8 Å². The molecule has 0 fully saturated rings. The van der Waals surface area contributed by atoms with Gasteiger partial charge >= 0.3 is 11.9 Å². The summed E-state index contributed by atoms with van der Waals surface area (Å²) in [5.74, 6) is -3.24. The van der Waals surface area contributed by atoms with Crippen molar-refractivity contribution >= 4 is 29.3 Å². The Morgan fingerprint density at radius 1 is 1.27 bits per heavy atom. The van der Waals surface area contributed by atoms with Crippen LogP contribution in [0.5, 0.6) is 0 Å². The second-order valence-corrected chi connectivity index (χ2v) is 8.48. The van der Waals surface area contributed by atoms with E-state index in [9.17, 15) is 14.4 Å². The summed E-state index contributed by atoms with van der Waals surface area (Å²) in [6.07, 6.45) is 0.167. The molecule has 6 nitrogen and oxygen atoms in total. The molecule has 2 aliphatic rings. The number of methoxy groups -OCH3 is 1. The second kappa shape index (κ2) is 8.64. The van der Waals surface area contributed by atoms with Crippen LogP contribution in [0.4, 0.5) is 0 Å². The lowest BCUT2D eigenvalue weighted by Gasteiger charge is -2.38. The zero-order valence-electron chi connectivity index (χ0n) is 17.7. The molecule has 1 aliphatic carbocycles. The van der Waals surface area contributed by atoms with Crippen LogP contribution < -0.4 is 5.32 Å². The van der Waals surface area contributed by atoms with Crippen molar-refractivity contribution in [2.24, 2.45) is 11.8 Å². The molecular formula is C23H26ClNO5. The third-order valence-electron chi connectivity index (χ3n) is 5.49. The summed E-state index contributed by atoms with van der Waals surface area (Å²) in [4.78, 5) is 38.9. The van der Waals surface area contributed by atoms with E-state index in [2.05, 4.69) is 5.32 Å². The molecule has 0 spiro atoms. The summed E-state index contributed by atoms with van der Waals surface area (Å²) in [7, 11) is 1.27. The van der Waals surface area contributed by atoms with Crippen molar-refractivity contribution in [2.75, 3.05) is 7.11 Å². The molecule has 0 bridgehead atoms. The maximum absolute atomic E-state index is 13.5. The molecule has 1 aliphatic heterocycles. The maximum Gasteiger partial charge on any atom is 0.337 e. The van der Waals surface area contributed by atoms with Gasteiger partial charge in [-0.3, -0.25) is 9.59 Å². The van der Waals surface area contributed by atoms with Crippen LogP contribution in [0.2, 0.25) is 5.02 Å². The van der Waals surface area contributed by atoms with Crippen LogP contribution in [0.3, 0.4) is 0 Å². The zero-order valence-corrected chi connectivity index (χ0v) is 18.5. The second-order valence-electron chi connectivity index (χ2n) is 8.04. The topological polar surface area (TPSA) is 81.7 Å². The van der Waals surface area contributed by atoms with Crippen molar-refractivity contribution in [3.8, 4) is 0 Å². The number of esters is 2. The number of dihydropyridines is 1. The van der Waals surface area contributed by atoms with E-state index < -0.39 is 23.8 Å². The highest BCUT2D eigenvalue weighted by Crippen LogP contribution is 2.45. The minimum Gasteiger partial charge on any atom is -0.468 e. The number of nitrogens with one attached hydrogen (secondary N) is 1. The lowest BCUT2D eigenvalue weighted by atomic mass is 9.69. The van der Waals surface area contributed by atoms with E-state index in [0.717, 1.165) is 5.70 Å². The van der Waals surface area contributed by atoms with E-state index in [0.29, 0.717) is 33.9 Å². The molecule has 30 heavy (non-hydrogen) atoms. The van der Waals surface area contributed by atoms with Gasteiger partial charge in [-0.15, -0.1) is 0 Å². The van der Waals surface area contributed by atoms with E-state index in [-0.39, 0.29) is 17.8 Å². The summed E-state index contributed by atoms with van der Waals surface area (Å²) in [5, 5.41) is 3.72. The van der Waals surface area contributed by atoms with Crippen molar-refractivity contribution in [3.05, 3.63) is 57.4 Å². The number of halogens is 1. The van der Waals surface area contributed by atoms with Gasteiger partial charge in [0.05, 0.1) is 18.8 Å². The fraction of sp³-hybridized carbons (Fsp3) is 0.435. The molecule has 3 rings (SSSR count). The first kappa shape index (κ1) is 22.1. The number of allylic oxidation sites excluding steroid dienone is 3. The molecule has 0 amide bonds. The standard InChI is InChI=1S/C23H26ClNO5/c1-11(2)30-23(28)18-13(4)25-16-9-12(3)17(22(27)29-5)21(26)20(16)19(18)14-7-6-8-15(24)10-14/h6-8,10-12,17,19,25H,9H2,1-5H3/t12-,17+,19+/m1/s1. The number of hydrogen-bond donors (Lipinski definition) is 1. The monoisotopic (exact) mass is 431 g/mol. The van der Waals surface area contributed by atoms with E-state index in [4.69, 9.17) is 21.1 Å². The first-order valence-corrected chi connectivity index (χ1v) is 10.3. The molecule has 1 aromatic rings. The van der Waals surface area contributed by atoms with Crippen LogP contribution in [0, 0.1) is 11.8 Å². The van der Waals surface area contributed by atoms with E-state index in [1.807, 2.05) is 13.0 Å². The molecule has 1 N–H and O–H groups in total. The largest absolute Gasteiger partial charge is 0.468 e. The Balaban J connectivity index is 2.19. The molecule has 0 saturated heterocycles. The molecule has 0 radical (unpaired) electrons. The van der Waals surface area contributed by atoms with Crippen LogP contribution in [0.25, 0.3) is 0 Å². The number of ether oxygens (including phenoxy) is 2. The number of benzene rings is 1. The highest BCUT2D eigenvalue weighted by molar-refractivity contribution is 6.30. The predicted molar refractivity (Wildman–Crippen MR) is 113 cm³/mol. The average molecular weight is 432 g/mol. The van der Waals surface area contributed by atoms with Crippen molar-refractivity contribution in [2.45, 2.75) is 46.1 Å². The summed E-state index contributed by atoms with van der Waals surface area (Å²) in [5.41, 5.74) is 2.78. The molecule has 3 atom stereocenters. The van der Waals surface area contributed by atoms with E-state index in [1.54, 1.807) is 39.0 Å². The van der Waals surface area contributed by atoms with Crippen molar-refractivity contribution in [3.63, 3.8) is 0 Å². The number of hydrogen-bond acceptors (Lipinski definition) is 6. The first-order chi connectivity index (χ1) is 14.1. The van der Waals surface area contributed by atoms with Crippen LogP contribution in [0.1, 0.15) is 45.6 Å². The molecule has 0 aromatic heterocycles. The lowest BCUT2D eigenvalue weighted by molar-refractivity contribution is -0.151. The van der Waals surface area contributed by atoms with Crippen LogP contribution >= 0.6 is 11.6 Å². The Bertz CT molecular complexity index is 962. The van der Waals surface area contributed by atoms with E-state index >= 15 is 0 Å². The number of Topliss-reactive ketones (excluding diaryl/α,β-unsaturated/α-hetero) is 1. The Morgan fingerprint density at radius 3 is 2.57 bits per heavy atom. The van der Waals surface area contributed by atoms with Crippen LogP contribution in [-0.4, -0.2) is 30.9 Å². The fourth-order valence-electron chi connectivity index (χ4n) is 4.25. The highest BCUT2D eigenvalue weighted by atomic mass is 35.5. The SMILES string of the molecule is COC(=O)[C@@H]1C(=O)C2=C(C[C@H]1C)NC(C)=C(C(=O)OC(C)C)[C@@H]2c1cccc(Cl)c1. The number of ketones is 1. The van der Waals surface area contributed by atoms with Crippen molar-refractivity contribution < 1.29 is 23.9 Å². The average Bonchev–Trinajstić information content (AvgIpc) is 2.65. The first-order valence-electron chi connectivity index (χ1n) is 9.95. The minimum absolute atomic E-state index is 0.229. The third kappa shape index (κ3) is 4.01. The molecule has 1 aromatic carbocycles. The molecule has 1 heterocycles. The Kier molecular flexibility index (Phi) is 6.36. The van der Waals surface area contributed by atoms with Crippen molar-refractivity contribution in [1.29, 1.82) is 0 Å². The molecule has 0 unspecified atom stereocenters. The van der Waals surface area contributed by atoms with E-state index in [1.165, 1.54) is 7.11 Å². The quantitative estimate of drug-likeness (QED) is 0.575. The molecule has 0 saturated carbocycles. The Hall–Kier alpha value is -2.60. The zero-order chi connectivity index (χ0) is 22.2. The summed E-state index contributed by atoms with van der Waals surface area (Å²) in [6, 6.07) is 7.05. The summed E-state index contributed by atoms with van der Waals surface area (Å²) >= 11 is 6.23. The van der Waals surface area contributed by atoms with Crippen LogP contribution in [-0.2, 0) is 23.9 Å². The highest BCUT2D eigenvalue weighted by Gasteiger charge is 2.47. The fourth-order valence-corrected chi connectivity index (χ4v) is 4.45. The summed E-state index contributed by atoms with van der Waals surface area (Å²) in [6.45, 7) is 7.18. The lowest BCUT2D eigenvalue weighted by Crippen LogP contribution is -2.43. The number of rotatable bonds is 4. The van der Waals surface area contributed by atoms with Gasteiger partial charge in [-0.2, -0.15) is 0 Å². The third-order valence-corrected chi connectivity index (χ3v) is 5.72. The predicted octanol–water partition coefficient (Wildman–Crippen LogP) is 3.90. The van der Waals surface area contributed by atoms with Gasteiger partial charge in [0.15, 0.2) is 5.78 Å². The Morgan fingerprint density at radius 2 is 1.97 bits per heavy atom. The summed E-state index contributed by atoms with van der Waals surface area (Å²) < 4.78 is 10.4. The van der Waals surface area contributed by atoms with Gasteiger partial charge in [0, 0.05) is 27.9 Å². The minimum atomic E-state index is -0.919. The van der Waals surface area contributed by atoms with Gasteiger partial charge in [0.2, 0.25) is 0 Å².